The Labute approximate surface area is 101 Å². The van der Waals surface area contributed by atoms with Crippen molar-refractivity contribution in [1.29, 1.82) is 0 Å². The Morgan fingerprint density at radius 1 is 1.41 bits per heavy atom. The molecule has 17 heavy (non-hydrogen) atoms. The molecule has 4 nitrogen and oxygen atoms in total. The number of nitrogens with two attached hydrogens (primary N) is 1. The van der Waals surface area contributed by atoms with Crippen LogP contribution in [0.2, 0.25) is 0 Å². The molecule has 1 aromatic rings. The molecule has 3 N–H and O–H groups in total. The van der Waals surface area contributed by atoms with E-state index in [1.807, 2.05) is 31.2 Å². The molecule has 1 amide bonds. The van der Waals surface area contributed by atoms with E-state index in [4.69, 9.17) is 15.6 Å². The van der Waals surface area contributed by atoms with Crippen molar-refractivity contribution in [2.75, 3.05) is 13.2 Å². The van der Waals surface area contributed by atoms with Crippen LogP contribution < -0.4 is 10.5 Å². The molecule has 0 heterocycles. The van der Waals surface area contributed by atoms with E-state index < -0.39 is 0 Å². The molecule has 0 fully saturated rings. The molecule has 1 atom stereocenters. The molecular weight excluding hydrogens is 218 g/mol. The van der Waals surface area contributed by atoms with E-state index in [2.05, 4.69) is 0 Å². The number of benzene rings is 1. The number of hydrogen-bond acceptors (Lipinski definition) is 3. The smallest absolute Gasteiger partial charge is 0.217 e. The van der Waals surface area contributed by atoms with Gasteiger partial charge in [0.25, 0.3) is 0 Å². The number of ether oxygens (including phenoxy) is 1. The molecule has 1 rings (SSSR count). The van der Waals surface area contributed by atoms with E-state index in [1.54, 1.807) is 0 Å². The van der Waals surface area contributed by atoms with Crippen LogP contribution >= 0.6 is 0 Å². The van der Waals surface area contributed by atoms with Crippen LogP contribution in [0.15, 0.2) is 24.3 Å². The topological polar surface area (TPSA) is 72.6 Å². The molecule has 0 aromatic heterocycles. The molecule has 0 bridgehead atoms. The summed E-state index contributed by atoms with van der Waals surface area (Å²) in [5.74, 6) is 0.576. The second kappa shape index (κ2) is 6.91. The van der Waals surface area contributed by atoms with Crippen molar-refractivity contribution >= 4 is 5.91 Å². The van der Waals surface area contributed by atoms with E-state index in [9.17, 15) is 4.79 Å². The summed E-state index contributed by atoms with van der Waals surface area (Å²) in [6.07, 6.45) is 0.987. The van der Waals surface area contributed by atoms with Gasteiger partial charge in [0.1, 0.15) is 5.75 Å². The zero-order valence-electron chi connectivity index (χ0n) is 10.1. The van der Waals surface area contributed by atoms with Crippen LogP contribution in [-0.2, 0) is 11.2 Å². The minimum atomic E-state index is -0.306. The molecule has 94 valence electrons. The number of carbonyl (C=O) groups is 1. The highest BCUT2D eigenvalue weighted by atomic mass is 16.5. The lowest BCUT2D eigenvalue weighted by Crippen LogP contribution is -2.18. The number of rotatable bonds is 7. The van der Waals surface area contributed by atoms with Crippen LogP contribution in [0.1, 0.15) is 18.9 Å². The lowest BCUT2D eigenvalue weighted by Gasteiger charge is -2.11. The van der Waals surface area contributed by atoms with Crippen molar-refractivity contribution in [3.8, 4) is 5.75 Å². The fourth-order valence-electron chi connectivity index (χ4n) is 1.52. The van der Waals surface area contributed by atoms with Gasteiger partial charge >= 0.3 is 0 Å². The third-order valence-corrected chi connectivity index (χ3v) is 2.41. The number of carbonyl (C=O) groups excluding carboxylic acids is 1. The van der Waals surface area contributed by atoms with Gasteiger partial charge in [-0.05, 0) is 30.0 Å². The monoisotopic (exact) mass is 237 g/mol. The van der Waals surface area contributed by atoms with Gasteiger partial charge in [0.2, 0.25) is 5.91 Å². The third-order valence-electron chi connectivity index (χ3n) is 2.41. The predicted molar refractivity (Wildman–Crippen MR) is 65.7 cm³/mol. The lowest BCUT2D eigenvalue weighted by molar-refractivity contribution is -0.119. The van der Waals surface area contributed by atoms with E-state index >= 15 is 0 Å². The standard InChI is InChI=1S/C13H19NO3/c1-10(8-13(14)16)9-17-12-4-2-11(3-5-12)6-7-15/h2-5,10,15H,6-9H2,1H3,(H2,14,16)/t10-/m0/s1. The van der Waals surface area contributed by atoms with Gasteiger partial charge < -0.3 is 15.6 Å². The van der Waals surface area contributed by atoms with Gasteiger partial charge in [-0.25, -0.2) is 0 Å². The molecule has 0 saturated carbocycles. The number of primary amides is 1. The second-order valence-electron chi connectivity index (χ2n) is 4.20. The summed E-state index contributed by atoms with van der Waals surface area (Å²) in [6, 6.07) is 7.57. The van der Waals surface area contributed by atoms with Crippen LogP contribution in [0.25, 0.3) is 0 Å². The number of aliphatic hydroxyl groups is 1. The van der Waals surface area contributed by atoms with Crippen LogP contribution in [0.3, 0.4) is 0 Å². The minimum absolute atomic E-state index is 0.115. The summed E-state index contributed by atoms with van der Waals surface area (Å²) in [7, 11) is 0. The van der Waals surface area contributed by atoms with Gasteiger partial charge in [-0.15, -0.1) is 0 Å². The predicted octanol–water partition coefficient (Wildman–Crippen LogP) is 1.11. The molecule has 0 spiro atoms. The first-order valence-corrected chi connectivity index (χ1v) is 5.72. The lowest BCUT2D eigenvalue weighted by atomic mass is 10.1. The molecule has 0 aliphatic carbocycles. The maximum Gasteiger partial charge on any atom is 0.217 e. The van der Waals surface area contributed by atoms with Crippen LogP contribution in [0, 0.1) is 5.92 Å². The first-order valence-electron chi connectivity index (χ1n) is 5.72. The Hall–Kier alpha value is -1.55. The van der Waals surface area contributed by atoms with Gasteiger partial charge in [0.05, 0.1) is 6.61 Å². The van der Waals surface area contributed by atoms with Crippen molar-refractivity contribution in [2.24, 2.45) is 11.7 Å². The molecule has 0 unspecified atom stereocenters. The molecule has 4 heteroatoms. The summed E-state index contributed by atoms with van der Waals surface area (Å²) in [6.45, 7) is 2.54. The molecule has 0 saturated heterocycles. The van der Waals surface area contributed by atoms with Crippen LogP contribution in [0.5, 0.6) is 5.75 Å². The summed E-state index contributed by atoms with van der Waals surface area (Å²) in [5.41, 5.74) is 6.17. The van der Waals surface area contributed by atoms with E-state index in [-0.39, 0.29) is 18.4 Å². The Balaban J connectivity index is 2.38. The van der Waals surface area contributed by atoms with Gasteiger partial charge in [-0.3, -0.25) is 4.79 Å². The molecule has 0 aliphatic heterocycles. The fraction of sp³-hybridized carbons (Fsp3) is 0.462. The average molecular weight is 237 g/mol. The first kappa shape index (κ1) is 13.5. The second-order valence-corrected chi connectivity index (χ2v) is 4.20. The fourth-order valence-corrected chi connectivity index (χ4v) is 1.52. The quantitative estimate of drug-likeness (QED) is 0.746. The van der Waals surface area contributed by atoms with Crippen molar-refractivity contribution in [2.45, 2.75) is 19.8 Å². The van der Waals surface area contributed by atoms with Gasteiger partial charge in [0.15, 0.2) is 0 Å². The first-order chi connectivity index (χ1) is 8.11. The molecular formula is C13H19NO3. The minimum Gasteiger partial charge on any atom is -0.493 e. The van der Waals surface area contributed by atoms with Crippen molar-refractivity contribution in [3.05, 3.63) is 29.8 Å². The zero-order chi connectivity index (χ0) is 12.7. The van der Waals surface area contributed by atoms with Crippen molar-refractivity contribution < 1.29 is 14.6 Å². The number of hydrogen-bond donors (Lipinski definition) is 2. The van der Waals surface area contributed by atoms with Crippen LogP contribution in [-0.4, -0.2) is 24.2 Å². The average Bonchev–Trinajstić information content (AvgIpc) is 2.28. The van der Waals surface area contributed by atoms with Gasteiger partial charge in [-0.1, -0.05) is 19.1 Å². The Bertz CT molecular complexity index is 348. The van der Waals surface area contributed by atoms with E-state index in [1.165, 1.54) is 0 Å². The van der Waals surface area contributed by atoms with Gasteiger partial charge in [-0.2, -0.15) is 0 Å². The largest absolute Gasteiger partial charge is 0.493 e. The number of amides is 1. The normalized spacial score (nSPS) is 12.1. The van der Waals surface area contributed by atoms with Crippen LogP contribution in [0.4, 0.5) is 0 Å². The Morgan fingerprint density at radius 2 is 2.06 bits per heavy atom. The van der Waals surface area contributed by atoms with Crippen molar-refractivity contribution in [1.82, 2.24) is 0 Å². The van der Waals surface area contributed by atoms with E-state index in [0.717, 1.165) is 11.3 Å². The molecule has 0 radical (unpaired) electrons. The maximum absolute atomic E-state index is 10.7. The summed E-state index contributed by atoms with van der Waals surface area (Å²) < 4.78 is 5.53. The third kappa shape index (κ3) is 5.36. The SMILES string of the molecule is C[C@H](COc1ccc(CCO)cc1)CC(N)=O. The van der Waals surface area contributed by atoms with E-state index in [0.29, 0.717) is 19.4 Å². The Morgan fingerprint density at radius 3 is 2.59 bits per heavy atom. The molecule has 1 aromatic carbocycles. The highest BCUT2D eigenvalue weighted by Gasteiger charge is 2.06. The zero-order valence-corrected chi connectivity index (χ0v) is 10.1. The maximum atomic E-state index is 10.7. The van der Waals surface area contributed by atoms with Gasteiger partial charge in [0, 0.05) is 13.0 Å². The number of aliphatic hydroxyl groups excluding tert-OH is 1. The highest BCUT2D eigenvalue weighted by Crippen LogP contribution is 2.14. The summed E-state index contributed by atoms with van der Waals surface area (Å²) in [5, 5.41) is 8.77. The highest BCUT2D eigenvalue weighted by molar-refractivity contribution is 5.73. The Kier molecular flexibility index (Phi) is 5.49. The summed E-state index contributed by atoms with van der Waals surface area (Å²) >= 11 is 0. The van der Waals surface area contributed by atoms with Crippen molar-refractivity contribution in [3.63, 3.8) is 0 Å². The molecule has 0 aliphatic rings. The summed E-state index contributed by atoms with van der Waals surface area (Å²) in [4.78, 5) is 10.7.